The predicted octanol–water partition coefficient (Wildman–Crippen LogP) is 2.57. The zero-order valence-electron chi connectivity index (χ0n) is 16.9. The maximum Gasteiger partial charge on any atom is 0.264 e. The Labute approximate surface area is 179 Å². The van der Waals surface area contributed by atoms with Crippen LogP contribution >= 0.6 is 0 Å². The molecule has 0 bridgehead atoms. The highest BCUT2D eigenvalue weighted by Crippen LogP contribution is 2.54. The van der Waals surface area contributed by atoms with E-state index in [9.17, 15) is 14.4 Å². The normalized spacial score (nSPS) is 21.9. The number of carbonyl (C=O) groups is 2. The fourth-order valence-corrected chi connectivity index (χ4v) is 4.95. The Balaban J connectivity index is 1.50. The van der Waals surface area contributed by atoms with E-state index < -0.39 is 5.41 Å². The summed E-state index contributed by atoms with van der Waals surface area (Å²) in [6.45, 7) is 0.499. The molecule has 156 valence electrons. The number of rotatable bonds is 4. The van der Waals surface area contributed by atoms with E-state index in [1.165, 1.54) is 6.07 Å². The lowest BCUT2D eigenvalue weighted by atomic mass is 9.72. The molecule has 1 spiro atoms. The van der Waals surface area contributed by atoms with Gasteiger partial charge in [-0.2, -0.15) is 5.10 Å². The van der Waals surface area contributed by atoms with E-state index in [0.29, 0.717) is 25.1 Å². The van der Waals surface area contributed by atoms with Gasteiger partial charge in [-0.25, -0.2) is 5.10 Å². The van der Waals surface area contributed by atoms with Crippen LogP contribution < -0.4 is 10.9 Å². The first-order valence-corrected chi connectivity index (χ1v) is 10.4. The smallest absolute Gasteiger partial charge is 0.264 e. The molecule has 1 aromatic heterocycles. The molecule has 3 aromatic rings. The molecule has 7 heteroatoms. The van der Waals surface area contributed by atoms with Crippen molar-refractivity contribution in [2.24, 2.45) is 0 Å². The number of carbonyl (C=O) groups excluding carboxylic acids is 2. The number of hydrogen-bond donors (Lipinski definition) is 2. The first kappa shape index (κ1) is 19.2. The highest BCUT2D eigenvalue weighted by molar-refractivity contribution is 6.07. The van der Waals surface area contributed by atoms with Gasteiger partial charge in [-0.15, -0.1) is 0 Å². The molecule has 2 aromatic carbocycles. The van der Waals surface area contributed by atoms with Crippen molar-refractivity contribution in [2.75, 3.05) is 11.9 Å². The van der Waals surface area contributed by atoms with Gasteiger partial charge >= 0.3 is 0 Å². The highest BCUT2D eigenvalue weighted by atomic mass is 16.2. The molecule has 3 heterocycles. The number of nitrogens with zero attached hydrogens (tertiary/aromatic N) is 2. The van der Waals surface area contributed by atoms with E-state index >= 15 is 0 Å². The Bertz CT molecular complexity index is 1190. The van der Waals surface area contributed by atoms with Crippen LogP contribution in [0.25, 0.3) is 0 Å². The fourth-order valence-electron chi connectivity index (χ4n) is 4.95. The van der Waals surface area contributed by atoms with Crippen LogP contribution in [0.2, 0.25) is 0 Å². The summed E-state index contributed by atoms with van der Waals surface area (Å²) in [7, 11) is 0. The van der Waals surface area contributed by atoms with E-state index in [0.717, 1.165) is 16.8 Å². The van der Waals surface area contributed by atoms with Crippen molar-refractivity contribution in [3.8, 4) is 0 Å². The van der Waals surface area contributed by atoms with Crippen LogP contribution in [0.1, 0.15) is 35.7 Å². The van der Waals surface area contributed by atoms with Crippen molar-refractivity contribution in [1.29, 1.82) is 0 Å². The average Bonchev–Trinajstić information content (AvgIpc) is 3.33. The number of H-pyrrole nitrogens is 1. The number of aryl methyl sites for hydroxylation is 1. The molecule has 5 rings (SSSR count). The first-order valence-electron chi connectivity index (χ1n) is 10.4. The summed E-state index contributed by atoms with van der Waals surface area (Å²) in [5, 5.41) is 9.43. The van der Waals surface area contributed by atoms with Gasteiger partial charge in [0.15, 0.2) is 0 Å². The van der Waals surface area contributed by atoms with Crippen LogP contribution in [-0.4, -0.2) is 33.5 Å². The number of anilines is 1. The van der Waals surface area contributed by atoms with Crippen LogP contribution in [0.4, 0.5) is 5.69 Å². The minimum absolute atomic E-state index is 0.0316. The molecule has 7 nitrogen and oxygen atoms in total. The second kappa shape index (κ2) is 7.50. The SMILES string of the molecule is O=C(CCc1ccc(=O)[nH]n1)N1CCC2(C(=O)Nc3ccccc32)C1c1ccccc1. The minimum atomic E-state index is -0.802. The molecule has 1 saturated heterocycles. The van der Waals surface area contributed by atoms with Crippen LogP contribution in [0.3, 0.4) is 0 Å². The number of aromatic nitrogens is 2. The van der Waals surface area contributed by atoms with Crippen molar-refractivity contribution in [2.45, 2.75) is 30.7 Å². The number of benzene rings is 2. The molecule has 1 fully saturated rings. The van der Waals surface area contributed by atoms with E-state index in [-0.39, 0.29) is 29.8 Å². The third-order valence-electron chi connectivity index (χ3n) is 6.35. The van der Waals surface area contributed by atoms with Gasteiger partial charge in [-0.05, 0) is 29.7 Å². The Morgan fingerprint density at radius 2 is 1.81 bits per heavy atom. The molecule has 2 aliphatic heterocycles. The summed E-state index contributed by atoms with van der Waals surface area (Å²) in [6.07, 6.45) is 1.24. The van der Waals surface area contributed by atoms with Crippen molar-refractivity contribution < 1.29 is 9.59 Å². The summed E-state index contributed by atoms with van der Waals surface area (Å²) in [5.74, 6) is -0.0870. The maximum atomic E-state index is 13.3. The molecule has 2 amide bonds. The molecule has 2 atom stereocenters. The summed E-state index contributed by atoms with van der Waals surface area (Å²) in [5.41, 5.74) is 2.30. The molecule has 0 saturated carbocycles. The molecule has 31 heavy (non-hydrogen) atoms. The van der Waals surface area contributed by atoms with Crippen LogP contribution in [0, 0.1) is 0 Å². The summed E-state index contributed by atoms with van der Waals surface area (Å²) in [4.78, 5) is 39.7. The van der Waals surface area contributed by atoms with Gasteiger partial charge in [-0.1, -0.05) is 48.5 Å². The van der Waals surface area contributed by atoms with Gasteiger partial charge in [0.05, 0.1) is 11.7 Å². The number of amides is 2. The third kappa shape index (κ3) is 3.13. The molecular weight excluding hydrogens is 392 g/mol. The van der Waals surface area contributed by atoms with E-state index in [1.807, 2.05) is 59.5 Å². The van der Waals surface area contributed by atoms with Gasteiger partial charge in [0.1, 0.15) is 5.41 Å². The van der Waals surface area contributed by atoms with E-state index in [1.54, 1.807) is 6.07 Å². The van der Waals surface area contributed by atoms with Crippen LogP contribution in [-0.2, 0) is 21.4 Å². The second-order valence-corrected chi connectivity index (χ2v) is 8.03. The molecule has 0 radical (unpaired) electrons. The first-order chi connectivity index (χ1) is 15.1. The maximum absolute atomic E-state index is 13.3. The third-order valence-corrected chi connectivity index (χ3v) is 6.35. The molecule has 0 aliphatic carbocycles. The van der Waals surface area contributed by atoms with Gasteiger partial charge in [0.25, 0.3) is 5.56 Å². The average molecular weight is 414 g/mol. The molecule has 2 N–H and O–H groups in total. The van der Waals surface area contributed by atoms with E-state index in [2.05, 4.69) is 15.5 Å². The lowest BCUT2D eigenvalue weighted by Crippen LogP contribution is -2.42. The van der Waals surface area contributed by atoms with Crippen molar-refractivity contribution >= 4 is 17.5 Å². The molecule has 2 unspecified atom stereocenters. The minimum Gasteiger partial charge on any atom is -0.334 e. The largest absolute Gasteiger partial charge is 0.334 e. The Kier molecular flexibility index (Phi) is 4.66. The fraction of sp³-hybridized carbons (Fsp3) is 0.250. The summed E-state index contributed by atoms with van der Waals surface area (Å²) >= 11 is 0. The van der Waals surface area contributed by atoms with Gasteiger partial charge in [-0.3, -0.25) is 14.4 Å². The van der Waals surface area contributed by atoms with Gasteiger partial charge < -0.3 is 10.2 Å². The number of nitrogens with one attached hydrogen (secondary N) is 2. The van der Waals surface area contributed by atoms with Crippen molar-refractivity contribution in [1.82, 2.24) is 15.1 Å². The topological polar surface area (TPSA) is 95.2 Å². The Morgan fingerprint density at radius 1 is 1.03 bits per heavy atom. The van der Waals surface area contributed by atoms with Crippen LogP contribution in [0.5, 0.6) is 0 Å². The van der Waals surface area contributed by atoms with E-state index in [4.69, 9.17) is 0 Å². The number of para-hydroxylation sites is 1. The van der Waals surface area contributed by atoms with Gasteiger partial charge in [0.2, 0.25) is 11.8 Å². The van der Waals surface area contributed by atoms with Gasteiger partial charge in [0, 0.05) is 31.1 Å². The van der Waals surface area contributed by atoms with Crippen LogP contribution in [0.15, 0.2) is 71.5 Å². The predicted molar refractivity (Wildman–Crippen MR) is 115 cm³/mol. The lowest BCUT2D eigenvalue weighted by Gasteiger charge is -2.34. The Morgan fingerprint density at radius 3 is 2.58 bits per heavy atom. The molecule has 2 aliphatic rings. The number of likely N-dealkylation sites (tertiary alicyclic amines) is 1. The summed E-state index contributed by atoms with van der Waals surface area (Å²) in [6, 6.07) is 20.2. The summed E-state index contributed by atoms with van der Waals surface area (Å²) < 4.78 is 0. The van der Waals surface area contributed by atoms with Crippen molar-refractivity contribution in [3.05, 3.63) is 93.9 Å². The Hall–Kier alpha value is -3.74. The number of hydrogen-bond acceptors (Lipinski definition) is 4. The lowest BCUT2D eigenvalue weighted by molar-refractivity contribution is -0.133. The molecular formula is C24H22N4O3. The zero-order valence-corrected chi connectivity index (χ0v) is 16.9. The number of aromatic amines is 1. The number of fused-ring (bicyclic) bond motifs is 2. The highest BCUT2D eigenvalue weighted by Gasteiger charge is 2.59. The standard InChI is InChI=1S/C24H22N4O3/c29-20-12-10-17(26-27-20)11-13-21(30)28-15-14-24(22(28)16-6-2-1-3-7-16)18-8-4-5-9-19(18)25-23(24)31/h1-10,12,22H,11,13-15H2,(H,25,31)(H,27,29). The zero-order chi connectivity index (χ0) is 21.4. The van der Waals surface area contributed by atoms with Crippen molar-refractivity contribution in [3.63, 3.8) is 0 Å². The monoisotopic (exact) mass is 414 g/mol. The second-order valence-electron chi connectivity index (χ2n) is 8.03. The quantitative estimate of drug-likeness (QED) is 0.686.